The molecule has 1 atom stereocenters. The molecule has 1 N–H and O–H groups in total. The van der Waals surface area contributed by atoms with Crippen molar-refractivity contribution in [3.8, 4) is 0 Å². The highest BCUT2D eigenvalue weighted by molar-refractivity contribution is 8.56. The van der Waals surface area contributed by atoms with Gasteiger partial charge in [0.15, 0.2) is 0 Å². The maximum atomic E-state index is 12.7. The number of hydrogen-bond acceptors (Lipinski definition) is 3. The molecule has 4 nitrogen and oxygen atoms in total. The van der Waals surface area contributed by atoms with Crippen LogP contribution in [0.5, 0.6) is 0 Å². The van der Waals surface area contributed by atoms with Gasteiger partial charge in [-0.25, -0.2) is 5.09 Å². The molecule has 1 amide bonds. The third-order valence-corrected chi connectivity index (χ3v) is 8.39. The summed E-state index contributed by atoms with van der Waals surface area (Å²) in [5.74, 6) is 1.22. The molecule has 0 aliphatic rings. The number of hydrogen-bond donors (Lipinski definition) is 1. The van der Waals surface area contributed by atoms with Crippen LogP contribution in [-0.2, 0) is 9.36 Å². The SMILES string of the molecule is CCCCCCC(=O)N(C)P(=O)(NC)SCC(C)C. The molecule has 0 rings (SSSR count). The number of carbonyl (C=O) groups is 1. The zero-order chi connectivity index (χ0) is 14.9. The first-order valence-corrected chi connectivity index (χ1v) is 10.3. The molecule has 0 aromatic carbocycles. The topological polar surface area (TPSA) is 49.4 Å². The van der Waals surface area contributed by atoms with Crippen LogP contribution in [0.4, 0.5) is 0 Å². The lowest BCUT2D eigenvalue weighted by Gasteiger charge is -2.27. The second-order valence-electron chi connectivity index (χ2n) is 5.16. The fourth-order valence-corrected chi connectivity index (χ4v) is 5.74. The van der Waals surface area contributed by atoms with Crippen LogP contribution in [0.3, 0.4) is 0 Å². The summed E-state index contributed by atoms with van der Waals surface area (Å²) >= 11 is 1.36. The summed E-state index contributed by atoms with van der Waals surface area (Å²) in [6, 6.07) is 0. The Morgan fingerprint density at radius 2 is 1.95 bits per heavy atom. The van der Waals surface area contributed by atoms with Crippen LogP contribution in [0.1, 0.15) is 52.9 Å². The van der Waals surface area contributed by atoms with Crippen LogP contribution >= 0.6 is 18.0 Å². The highest BCUT2D eigenvalue weighted by Gasteiger charge is 2.30. The number of nitrogens with zero attached hydrogens (tertiary/aromatic N) is 1. The van der Waals surface area contributed by atoms with Gasteiger partial charge >= 0.3 is 0 Å². The summed E-state index contributed by atoms with van der Waals surface area (Å²) in [4.78, 5) is 12.1. The second kappa shape index (κ2) is 9.84. The van der Waals surface area contributed by atoms with Crippen molar-refractivity contribution in [3.63, 3.8) is 0 Å². The molecule has 0 bridgehead atoms. The molecule has 114 valence electrons. The van der Waals surface area contributed by atoms with Gasteiger partial charge in [-0.3, -0.25) is 14.0 Å². The highest BCUT2D eigenvalue weighted by Crippen LogP contribution is 2.57. The summed E-state index contributed by atoms with van der Waals surface area (Å²) in [6.07, 6.45) is 4.76. The lowest BCUT2D eigenvalue weighted by atomic mass is 10.1. The Morgan fingerprint density at radius 3 is 2.42 bits per heavy atom. The van der Waals surface area contributed by atoms with E-state index >= 15 is 0 Å². The quantitative estimate of drug-likeness (QED) is 0.487. The van der Waals surface area contributed by atoms with Gasteiger partial charge in [0.2, 0.25) is 5.91 Å². The van der Waals surface area contributed by atoms with Gasteiger partial charge in [-0.1, -0.05) is 51.4 Å². The molecule has 0 saturated heterocycles. The van der Waals surface area contributed by atoms with E-state index in [1.807, 2.05) is 0 Å². The Kier molecular flexibility index (Phi) is 9.85. The van der Waals surface area contributed by atoms with E-state index in [9.17, 15) is 9.36 Å². The summed E-state index contributed by atoms with van der Waals surface area (Å²) in [5, 5.41) is 2.84. The van der Waals surface area contributed by atoms with Crippen LogP contribution in [0.25, 0.3) is 0 Å². The molecule has 6 heteroatoms. The van der Waals surface area contributed by atoms with E-state index in [-0.39, 0.29) is 5.91 Å². The molecule has 0 aromatic rings. The average Bonchev–Trinajstić information content (AvgIpc) is 2.39. The normalized spacial score (nSPS) is 14.4. The largest absolute Gasteiger partial charge is 0.294 e. The Labute approximate surface area is 122 Å². The minimum absolute atomic E-state index is 0.0231. The Morgan fingerprint density at radius 1 is 1.32 bits per heavy atom. The van der Waals surface area contributed by atoms with Gasteiger partial charge in [0.25, 0.3) is 6.65 Å². The lowest BCUT2D eigenvalue weighted by Crippen LogP contribution is -2.27. The molecule has 0 heterocycles. The van der Waals surface area contributed by atoms with E-state index in [1.165, 1.54) is 16.1 Å². The minimum Gasteiger partial charge on any atom is -0.276 e. The van der Waals surface area contributed by atoms with Gasteiger partial charge < -0.3 is 0 Å². The minimum atomic E-state index is -2.81. The molecule has 0 spiro atoms. The van der Waals surface area contributed by atoms with Crippen molar-refractivity contribution >= 4 is 23.9 Å². The van der Waals surface area contributed by atoms with Gasteiger partial charge in [0.05, 0.1) is 0 Å². The van der Waals surface area contributed by atoms with Crippen molar-refractivity contribution in [1.29, 1.82) is 0 Å². The summed E-state index contributed by atoms with van der Waals surface area (Å²) < 4.78 is 14.1. The van der Waals surface area contributed by atoms with Crippen molar-refractivity contribution in [3.05, 3.63) is 0 Å². The van der Waals surface area contributed by atoms with E-state index in [2.05, 4.69) is 25.9 Å². The van der Waals surface area contributed by atoms with Crippen LogP contribution < -0.4 is 5.09 Å². The Balaban J connectivity index is 4.35. The van der Waals surface area contributed by atoms with Crippen LogP contribution in [-0.4, -0.2) is 30.4 Å². The Hall–Kier alpha value is 0.01000. The number of unbranched alkanes of at least 4 members (excludes halogenated alkanes) is 3. The van der Waals surface area contributed by atoms with Gasteiger partial charge in [-0.05, 0) is 19.4 Å². The molecule has 0 radical (unpaired) electrons. The standard InChI is InChI=1S/C13H29N2O2PS/c1-6-7-8-9-10-13(16)15(5)18(17,14-4)19-11-12(2)3/h12H,6-11H2,1-5H3,(H,14,17). The van der Waals surface area contributed by atoms with Crippen LogP contribution in [0, 0.1) is 5.92 Å². The summed E-state index contributed by atoms with van der Waals surface area (Å²) in [6.45, 7) is 3.50. The zero-order valence-electron chi connectivity index (χ0n) is 12.9. The van der Waals surface area contributed by atoms with Gasteiger partial charge in [-0.2, -0.15) is 0 Å². The molecular weight excluding hydrogens is 279 g/mol. The molecule has 19 heavy (non-hydrogen) atoms. The van der Waals surface area contributed by atoms with E-state index in [0.717, 1.165) is 31.4 Å². The van der Waals surface area contributed by atoms with Gasteiger partial charge in [0.1, 0.15) is 0 Å². The van der Waals surface area contributed by atoms with Crippen molar-refractivity contribution in [2.45, 2.75) is 52.9 Å². The molecule has 0 aliphatic heterocycles. The number of rotatable bonds is 10. The summed E-state index contributed by atoms with van der Waals surface area (Å²) in [5.41, 5.74) is 0. The third kappa shape index (κ3) is 7.38. The maximum absolute atomic E-state index is 12.7. The predicted octanol–water partition coefficient (Wildman–Crippen LogP) is 4.13. The zero-order valence-corrected chi connectivity index (χ0v) is 14.7. The van der Waals surface area contributed by atoms with Crippen LogP contribution in [0.2, 0.25) is 0 Å². The van der Waals surface area contributed by atoms with E-state index in [1.54, 1.807) is 14.1 Å². The molecule has 0 aromatic heterocycles. The highest BCUT2D eigenvalue weighted by atomic mass is 32.7. The fourth-order valence-electron chi connectivity index (χ4n) is 1.56. The van der Waals surface area contributed by atoms with Gasteiger partial charge in [0, 0.05) is 19.2 Å². The average molecular weight is 308 g/mol. The Bertz CT molecular complexity index is 311. The first-order chi connectivity index (χ1) is 8.87. The number of amides is 1. The lowest BCUT2D eigenvalue weighted by molar-refractivity contribution is -0.125. The van der Waals surface area contributed by atoms with E-state index in [4.69, 9.17) is 0 Å². The number of nitrogens with one attached hydrogen (secondary N) is 1. The predicted molar refractivity (Wildman–Crippen MR) is 85.5 cm³/mol. The molecule has 0 aliphatic carbocycles. The fraction of sp³-hybridized carbons (Fsp3) is 0.923. The van der Waals surface area contributed by atoms with Gasteiger partial charge in [-0.15, -0.1) is 0 Å². The molecule has 1 unspecified atom stereocenters. The van der Waals surface area contributed by atoms with Crippen molar-refractivity contribution < 1.29 is 9.36 Å². The third-order valence-electron chi connectivity index (χ3n) is 2.87. The first kappa shape index (κ1) is 19.0. The van der Waals surface area contributed by atoms with Crippen molar-refractivity contribution in [1.82, 2.24) is 9.76 Å². The molecular formula is C13H29N2O2PS. The first-order valence-electron chi connectivity index (χ1n) is 7.08. The smallest absolute Gasteiger partial charge is 0.276 e. The maximum Gasteiger partial charge on any atom is 0.294 e. The van der Waals surface area contributed by atoms with Crippen molar-refractivity contribution in [2.24, 2.45) is 5.92 Å². The monoisotopic (exact) mass is 308 g/mol. The van der Waals surface area contributed by atoms with Crippen molar-refractivity contribution in [2.75, 3.05) is 19.8 Å². The van der Waals surface area contributed by atoms with E-state index in [0.29, 0.717) is 12.3 Å². The molecule has 0 saturated carbocycles. The molecule has 0 fully saturated rings. The summed E-state index contributed by atoms with van der Waals surface area (Å²) in [7, 11) is 3.31. The van der Waals surface area contributed by atoms with Crippen LogP contribution in [0.15, 0.2) is 0 Å². The second-order valence-corrected chi connectivity index (χ2v) is 10.1. The number of carbonyl (C=O) groups excluding carboxylic acids is 1. The van der Waals surface area contributed by atoms with E-state index < -0.39 is 6.65 Å².